The van der Waals surface area contributed by atoms with Crippen molar-refractivity contribution in [2.75, 3.05) is 5.32 Å². The number of nitrogens with one attached hydrogen (secondary N) is 1. The van der Waals surface area contributed by atoms with Crippen LogP contribution >= 0.6 is 35.0 Å². The molecule has 0 aliphatic heterocycles. The molecule has 0 heterocycles. The third-order valence-corrected chi connectivity index (χ3v) is 5.76. The zero-order chi connectivity index (χ0) is 21.0. The average Bonchev–Trinajstić information content (AvgIpc) is 2.69. The summed E-state index contributed by atoms with van der Waals surface area (Å²) in [5, 5.41) is 3.42. The number of halogens is 5. The van der Waals surface area contributed by atoms with Gasteiger partial charge in [0.2, 0.25) is 0 Å². The summed E-state index contributed by atoms with van der Waals surface area (Å²) in [6.07, 6.45) is -4.36. The summed E-state index contributed by atoms with van der Waals surface area (Å²) in [6, 6.07) is 16.9. The second-order valence-corrected chi connectivity index (χ2v) is 7.96. The van der Waals surface area contributed by atoms with E-state index in [2.05, 4.69) is 5.32 Å². The van der Waals surface area contributed by atoms with Crippen LogP contribution in [-0.4, -0.2) is 5.91 Å². The molecule has 0 unspecified atom stereocenters. The van der Waals surface area contributed by atoms with Crippen LogP contribution in [0.5, 0.6) is 0 Å². The van der Waals surface area contributed by atoms with E-state index >= 15 is 0 Å². The van der Waals surface area contributed by atoms with Crippen molar-refractivity contribution in [2.45, 2.75) is 16.8 Å². The molecule has 0 spiro atoms. The van der Waals surface area contributed by atoms with Crippen LogP contribution < -0.4 is 5.32 Å². The van der Waals surface area contributed by atoms with Gasteiger partial charge in [0.15, 0.2) is 0 Å². The van der Waals surface area contributed by atoms with Crippen molar-refractivity contribution >= 4 is 46.6 Å². The topological polar surface area (TPSA) is 29.1 Å². The Morgan fingerprint density at radius 2 is 1.66 bits per heavy atom. The summed E-state index contributed by atoms with van der Waals surface area (Å²) < 4.78 is 38.4. The molecule has 2 nitrogen and oxygen atoms in total. The van der Waals surface area contributed by atoms with Crippen molar-refractivity contribution in [3.63, 3.8) is 0 Å². The first kappa shape index (κ1) is 21.6. The Hall–Kier alpha value is -2.15. The summed E-state index contributed by atoms with van der Waals surface area (Å²) in [6.45, 7) is 0. The van der Waals surface area contributed by atoms with Crippen LogP contribution in [0.4, 0.5) is 18.9 Å². The third kappa shape index (κ3) is 5.92. The zero-order valence-corrected chi connectivity index (χ0v) is 17.1. The summed E-state index contributed by atoms with van der Waals surface area (Å²) in [4.78, 5) is 12.8. The predicted molar refractivity (Wildman–Crippen MR) is 112 cm³/mol. The maximum Gasteiger partial charge on any atom is 0.416 e. The van der Waals surface area contributed by atoms with Crippen molar-refractivity contribution in [1.29, 1.82) is 0 Å². The van der Waals surface area contributed by atoms with Gasteiger partial charge in [0, 0.05) is 21.9 Å². The lowest BCUT2D eigenvalue weighted by atomic mass is 10.2. The quantitative estimate of drug-likeness (QED) is 0.402. The van der Waals surface area contributed by atoms with Crippen molar-refractivity contribution in [3.8, 4) is 0 Å². The molecule has 0 bridgehead atoms. The molecule has 0 aromatic heterocycles. The van der Waals surface area contributed by atoms with Crippen molar-refractivity contribution in [1.82, 2.24) is 0 Å². The van der Waals surface area contributed by atoms with Gasteiger partial charge in [-0.3, -0.25) is 4.79 Å². The first-order valence-corrected chi connectivity index (χ1v) is 10.1. The third-order valence-electron chi connectivity index (χ3n) is 3.96. The number of thioether (sulfide) groups is 1. The number of amides is 1. The highest BCUT2D eigenvalue weighted by molar-refractivity contribution is 7.98. The van der Waals surface area contributed by atoms with E-state index in [1.54, 1.807) is 30.3 Å². The first-order valence-electron chi connectivity index (χ1n) is 8.38. The van der Waals surface area contributed by atoms with E-state index in [9.17, 15) is 18.0 Å². The molecule has 1 amide bonds. The van der Waals surface area contributed by atoms with Gasteiger partial charge in [0.25, 0.3) is 5.91 Å². The fourth-order valence-corrected chi connectivity index (χ4v) is 3.66. The lowest BCUT2D eigenvalue weighted by Gasteiger charge is -2.09. The molecule has 0 aliphatic carbocycles. The summed E-state index contributed by atoms with van der Waals surface area (Å²) in [7, 11) is 0. The predicted octanol–water partition coefficient (Wildman–Crippen LogP) is 7.56. The average molecular weight is 456 g/mol. The number of alkyl halides is 3. The van der Waals surface area contributed by atoms with Gasteiger partial charge < -0.3 is 5.32 Å². The Morgan fingerprint density at radius 1 is 0.931 bits per heavy atom. The number of hydrogen-bond acceptors (Lipinski definition) is 2. The molecular formula is C21H14Cl2F3NOS. The molecule has 0 fully saturated rings. The zero-order valence-electron chi connectivity index (χ0n) is 14.8. The molecule has 3 aromatic rings. The van der Waals surface area contributed by atoms with E-state index in [0.29, 0.717) is 31.9 Å². The monoisotopic (exact) mass is 455 g/mol. The van der Waals surface area contributed by atoms with Crippen molar-refractivity contribution in [3.05, 3.63) is 93.5 Å². The number of rotatable bonds is 5. The van der Waals surface area contributed by atoms with E-state index in [4.69, 9.17) is 23.2 Å². The second-order valence-electron chi connectivity index (χ2n) is 6.09. The maximum atomic E-state index is 12.8. The van der Waals surface area contributed by atoms with E-state index in [1.165, 1.54) is 23.9 Å². The molecular weight excluding hydrogens is 442 g/mol. The maximum absolute atomic E-state index is 12.8. The smallest absolute Gasteiger partial charge is 0.322 e. The van der Waals surface area contributed by atoms with Gasteiger partial charge in [-0.05, 0) is 54.1 Å². The molecule has 3 rings (SSSR count). The number of carbonyl (C=O) groups is 1. The summed E-state index contributed by atoms with van der Waals surface area (Å²) in [5.41, 5.74) is 1.22. The lowest BCUT2D eigenvalue weighted by molar-refractivity contribution is -0.137. The summed E-state index contributed by atoms with van der Waals surface area (Å²) in [5.74, 6) is 0.178. The molecule has 3 aromatic carbocycles. The van der Waals surface area contributed by atoms with E-state index in [-0.39, 0.29) is 5.91 Å². The van der Waals surface area contributed by atoms with Crippen LogP contribution in [0.2, 0.25) is 10.0 Å². The Morgan fingerprint density at radius 3 is 2.31 bits per heavy atom. The molecule has 0 saturated carbocycles. The Labute approximate surface area is 180 Å². The molecule has 150 valence electrons. The van der Waals surface area contributed by atoms with Crippen LogP contribution in [0, 0.1) is 0 Å². The highest BCUT2D eigenvalue weighted by Gasteiger charge is 2.30. The van der Waals surface area contributed by atoms with E-state index in [1.807, 2.05) is 12.1 Å². The number of benzene rings is 3. The first-order chi connectivity index (χ1) is 13.7. The Kier molecular flexibility index (Phi) is 6.77. The molecule has 1 N–H and O–H groups in total. The fourth-order valence-electron chi connectivity index (χ4n) is 2.45. The molecule has 0 atom stereocenters. The Balaban J connectivity index is 1.60. The second kappa shape index (κ2) is 9.11. The van der Waals surface area contributed by atoms with E-state index in [0.717, 1.165) is 17.7 Å². The van der Waals surface area contributed by atoms with Crippen LogP contribution in [0.25, 0.3) is 0 Å². The van der Waals surface area contributed by atoms with Crippen molar-refractivity contribution in [2.24, 2.45) is 0 Å². The SMILES string of the molecule is O=C(Nc1ccc(CSc2cccc(C(F)(F)F)c2)cc1)c1ccc(Cl)c(Cl)c1. The van der Waals surface area contributed by atoms with Gasteiger partial charge in [0.1, 0.15) is 0 Å². The number of hydrogen-bond donors (Lipinski definition) is 1. The van der Waals surface area contributed by atoms with Crippen LogP contribution in [0.3, 0.4) is 0 Å². The highest BCUT2D eigenvalue weighted by atomic mass is 35.5. The van der Waals surface area contributed by atoms with Crippen molar-refractivity contribution < 1.29 is 18.0 Å². The highest BCUT2D eigenvalue weighted by Crippen LogP contribution is 2.33. The minimum absolute atomic E-state index is 0.293. The van der Waals surface area contributed by atoms with Crippen LogP contribution in [0.15, 0.2) is 71.6 Å². The van der Waals surface area contributed by atoms with Crippen LogP contribution in [-0.2, 0) is 11.9 Å². The fraction of sp³-hybridized carbons (Fsp3) is 0.0952. The molecule has 0 saturated heterocycles. The summed E-state index contributed by atoms with van der Waals surface area (Å²) >= 11 is 13.1. The van der Waals surface area contributed by atoms with Gasteiger partial charge in [-0.2, -0.15) is 13.2 Å². The molecule has 29 heavy (non-hydrogen) atoms. The lowest BCUT2D eigenvalue weighted by Crippen LogP contribution is -2.11. The van der Waals surface area contributed by atoms with Crippen LogP contribution in [0.1, 0.15) is 21.5 Å². The number of anilines is 1. The Bertz CT molecular complexity index is 1020. The van der Waals surface area contributed by atoms with E-state index < -0.39 is 11.7 Å². The molecule has 8 heteroatoms. The van der Waals surface area contributed by atoms with Gasteiger partial charge in [0.05, 0.1) is 15.6 Å². The molecule has 0 radical (unpaired) electrons. The van der Waals surface area contributed by atoms with Gasteiger partial charge in [-0.15, -0.1) is 11.8 Å². The largest absolute Gasteiger partial charge is 0.416 e. The number of carbonyl (C=O) groups excluding carboxylic acids is 1. The normalized spacial score (nSPS) is 11.3. The molecule has 0 aliphatic rings. The van der Waals surface area contributed by atoms with Gasteiger partial charge in [-0.25, -0.2) is 0 Å². The van der Waals surface area contributed by atoms with Gasteiger partial charge >= 0.3 is 6.18 Å². The standard InChI is InChI=1S/C21H14Cl2F3NOS/c22-18-9-6-14(10-19(18)23)20(28)27-16-7-4-13(5-8-16)12-29-17-3-1-2-15(11-17)21(24,25)26/h1-11H,12H2,(H,27,28). The minimum Gasteiger partial charge on any atom is -0.322 e. The minimum atomic E-state index is -4.36. The van der Waals surface area contributed by atoms with Gasteiger partial charge in [-0.1, -0.05) is 41.4 Å².